The van der Waals surface area contributed by atoms with Gasteiger partial charge in [-0.1, -0.05) is 6.92 Å². The molecule has 0 aliphatic heterocycles. The fourth-order valence-corrected chi connectivity index (χ4v) is 1.20. The molecule has 0 saturated heterocycles. The highest BCUT2D eigenvalue weighted by atomic mass is 16.5. The van der Waals surface area contributed by atoms with Gasteiger partial charge in [-0.25, -0.2) is 4.79 Å². The summed E-state index contributed by atoms with van der Waals surface area (Å²) in [6, 6.07) is 4.96. The summed E-state index contributed by atoms with van der Waals surface area (Å²) in [5, 5.41) is 0. The van der Waals surface area contributed by atoms with Crippen LogP contribution in [0.3, 0.4) is 0 Å². The second-order valence-electron chi connectivity index (χ2n) is 3.24. The number of carbonyl (C=O) groups excluding carboxylic acids is 1. The molecule has 4 nitrogen and oxygen atoms in total. The van der Waals surface area contributed by atoms with Crippen LogP contribution < -0.4 is 9.47 Å². The minimum atomic E-state index is -0.362. The summed E-state index contributed by atoms with van der Waals surface area (Å²) in [5.41, 5.74) is 0.435. The fraction of sp³-hybridized carbons (Fsp3) is 0.417. The molecule has 0 aromatic heterocycles. The van der Waals surface area contributed by atoms with Crippen LogP contribution >= 0.6 is 0 Å². The van der Waals surface area contributed by atoms with Crippen molar-refractivity contribution in [1.82, 2.24) is 0 Å². The lowest BCUT2D eigenvalue weighted by Crippen LogP contribution is -2.06. The molecule has 0 bridgehead atoms. The van der Waals surface area contributed by atoms with Crippen molar-refractivity contribution < 1.29 is 19.0 Å². The van der Waals surface area contributed by atoms with Crippen LogP contribution in [0, 0.1) is 0 Å². The second-order valence-corrected chi connectivity index (χ2v) is 3.24. The maximum absolute atomic E-state index is 11.6. The lowest BCUT2D eigenvalue weighted by Gasteiger charge is -2.08. The maximum Gasteiger partial charge on any atom is 0.338 e. The number of esters is 1. The summed E-state index contributed by atoms with van der Waals surface area (Å²) in [7, 11) is 3.08. The normalized spacial score (nSPS) is 9.69. The van der Waals surface area contributed by atoms with E-state index in [2.05, 4.69) is 0 Å². The Balaban J connectivity index is 2.89. The Bertz CT molecular complexity index is 338. The van der Waals surface area contributed by atoms with Crippen LogP contribution in [0.2, 0.25) is 0 Å². The molecule has 0 fully saturated rings. The average Bonchev–Trinajstić information content (AvgIpc) is 2.35. The first kappa shape index (κ1) is 12.4. The van der Waals surface area contributed by atoms with E-state index in [9.17, 15) is 4.79 Å². The molecule has 4 heteroatoms. The standard InChI is InChI=1S/C12H16O4/c1-4-5-16-12(13)9-6-10(14-2)8-11(7-9)15-3/h6-8H,4-5H2,1-3H3. The van der Waals surface area contributed by atoms with Crippen LogP contribution in [0.1, 0.15) is 23.7 Å². The van der Waals surface area contributed by atoms with Crippen molar-refractivity contribution >= 4 is 5.97 Å². The molecule has 0 radical (unpaired) electrons. The van der Waals surface area contributed by atoms with E-state index in [0.29, 0.717) is 23.7 Å². The molecule has 16 heavy (non-hydrogen) atoms. The minimum Gasteiger partial charge on any atom is -0.497 e. The third-order valence-corrected chi connectivity index (χ3v) is 2.02. The number of ether oxygens (including phenoxy) is 3. The predicted molar refractivity (Wildman–Crippen MR) is 60.1 cm³/mol. The molecule has 0 unspecified atom stereocenters. The molecular weight excluding hydrogens is 208 g/mol. The molecular formula is C12H16O4. The molecule has 1 aromatic carbocycles. The zero-order chi connectivity index (χ0) is 12.0. The van der Waals surface area contributed by atoms with Gasteiger partial charge in [0.15, 0.2) is 0 Å². The Labute approximate surface area is 95.1 Å². The van der Waals surface area contributed by atoms with Gasteiger partial charge < -0.3 is 14.2 Å². The fourth-order valence-electron chi connectivity index (χ4n) is 1.20. The summed E-state index contributed by atoms with van der Waals surface area (Å²) >= 11 is 0. The van der Waals surface area contributed by atoms with Gasteiger partial charge in [0.05, 0.1) is 26.4 Å². The van der Waals surface area contributed by atoms with Crippen molar-refractivity contribution in [1.29, 1.82) is 0 Å². The zero-order valence-electron chi connectivity index (χ0n) is 9.78. The van der Waals surface area contributed by atoms with E-state index in [-0.39, 0.29) is 5.97 Å². The van der Waals surface area contributed by atoms with Crippen molar-refractivity contribution in [3.8, 4) is 11.5 Å². The number of methoxy groups -OCH3 is 2. The first-order valence-corrected chi connectivity index (χ1v) is 5.11. The number of carbonyl (C=O) groups is 1. The van der Waals surface area contributed by atoms with E-state index in [1.54, 1.807) is 18.2 Å². The molecule has 1 aromatic rings. The van der Waals surface area contributed by atoms with Crippen LogP contribution in [-0.2, 0) is 4.74 Å². The van der Waals surface area contributed by atoms with Crippen LogP contribution in [0.5, 0.6) is 11.5 Å². The first-order valence-electron chi connectivity index (χ1n) is 5.11. The molecule has 88 valence electrons. The van der Waals surface area contributed by atoms with Crippen LogP contribution in [-0.4, -0.2) is 26.8 Å². The molecule has 0 amide bonds. The predicted octanol–water partition coefficient (Wildman–Crippen LogP) is 2.27. The van der Waals surface area contributed by atoms with Crippen molar-refractivity contribution in [2.45, 2.75) is 13.3 Å². The Hall–Kier alpha value is -1.71. The smallest absolute Gasteiger partial charge is 0.338 e. The van der Waals surface area contributed by atoms with E-state index in [1.165, 1.54) is 14.2 Å². The van der Waals surface area contributed by atoms with Gasteiger partial charge in [-0.15, -0.1) is 0 Å². The maximum atomic E-state index is 11.6. The Morgan fingerprint density at radius 2 is 1.69 bits per heavy atom. The average molecular weight is 224 g/mol. The molecule has 0 spiro atoms. The zero-order valence-corrected chi connectivity index (χ0v) is 9.78. The van der Waals surface area contributed by atoms with Gasteiger partial charge in [0.2, 0.25) is 0 Å². The summed E-state index contributed by atoms with van der Waals surface area (Å²) in [6.07, 6.45) is 0.798. The lowest BCUT2D eigenvalue weighted by atomic mass is 10.2. The SMILES string of the molecule is CCCOC(=O)c1cc(OC)cc(OC)c1. The van der Waals surface area contributed by atoms with Crippen molar-refractivity contribution in [2.24, 2.45) is 0 Å². The van der Waals surface area contributed by atoms with Gasteiger partial charge >= 0.3 is 5.97 Å². The van der Waals surface area contributed by atoms with Gasteiger partial charge in [-0.05, 0) is 18.6 Å². The number of benzene rings is 1. The van der Waals surface area contributed by atoms with Gasteiger partial charge in [0.1, 0.15) is 11.5 Å². The molecule has 0 N–H and O–H groups in total. The van der Waals surface area contributed by atoms with E-state index in [0.717, 1.165) is 6.42 Å². The third kappa shape index (κ3) is 3.15. The molecule has 0 atom stereocenters. The Morgan fingerprint density at radius 1 is 1.12 bits per heavy atom. The highest BCUT2D eigenvalue weighted by Crippen LogP contribution is 2.22. The van der Waals surface area contributed by atoms with Crippen LogP contribution in [0.4, 0.5) is 0 Å². The van der Waals surface area contributed by atoms with E-state index < -0.39 is 0 Å². The quantitative estimate of drug-likeness (QED) is 0.720. The monoisotopic (exact) mass is 224 g/mol. The van der Waals surface area contributed by atoms with Crippen LogP contribution in [0.15, 0.2) is 18.2 Å². The Morgan fingerprint density at radius 3 is 2.12 bits per heavy atom. The van der Waals surface area contributed by atoms with Gasteiger partial charge in [-0.2, -0.15) is 0 Å². The van der Waals surface area contributed by atoms with E-state index in [1.807, 2.05) is 6.92 Å². The number of hydrogen-bond acceptors (Lipinski definition) is 4. The summed E-state index contributed by atoms with van der Waals surface area (Å²) in [4.78, 5) is 11.6. The van der Waals surface area contributed by atoms with Crippen molar-refractivity contribution in [2.75, 3.05) is 20.8 Å². The topological polar surface area (TPSA) is 44.8 Å². The van der Waals surface area contributed by atoms with Gasteiger partial charge in [0, 0.05) is 6.07 Å². The van der Waals surface area contributed by atoms with Crippen molar-refractivity contribution in [3.63, 3.8) is 0 Å². The summed E-state index contributed by atoms with van der Waals surface area (Å²) in [6.45, 7) is 2.36. The van der Waals surface area contributed by atoms with Gasteiger partial charge in [0.25, 0.3) is 0 Å². The summed E-state index contributed by atoms with van der Waals surface area (Å²) < 4.78 is 15.2. The number of rotatable bonds is 5. The second kappa shape index (κ2) is 6.00. The third-order valence-electron chi connectivity index (χ3n) is 2.02. The molecule has 0 aliphatic carbocycles. The number of hydrogen-bond donors (Lipinski definition) is 0. The van der Waals surface area contributed by atoms with E-state index >= 15 is 0 Å². The summed E-state index contributed by atoms with van der Waals surface area (Å²) in [5.74, 6) is 0.782. The highest BCUT2D eigenvalue weighted by Gasteiger charge is 2.10. The lowest BCUT2D eigenvalue weighted by molar-refractivity contribution is 0.0504. The Kier molecular flexibility index (Phi) is 4.64. The molecule has 0 saturated carbocycles. The van der Waals surface area contributed by atoms with E-state index in [4.69, 9.17) is 14.2 Å². The largest absolute Gasteiger partial charge is 0.497 e. The highest BCUT2D eigenvalue weighted by molar-refractivity contribution is 5.90. The van der Waals surface area contributed by atoms with Crippen LogP contribution in [0.25, 0.3) is 0 Å². The van der Waals surface area contributed by atoms with Crippen molar-refractivity contribution in [3.05, 3.63) is 23.8 Å². The van der Waals surface area contributed by atoms with Gasteiger partial charge in [-0.3, -0.25) is 0 Å². The molecule has 1 rings (SSSR count). The molecule has 0 aliphatic rings. The molecule has 0 heterocycles. The first-order chi connectivity index (χ1) is 7.71. The minimum absolute atomic E-state index is 0.362.